The first-order valence-corrected chi connectivity index (χ1v) is 7.94. The van der Waals surface area contributed by atoms with Crippen LogP contribution in [0.5, 0.6) is 11.5 Å². The van der Waals surface area contributed by atoms with Crippen LogP contribution < -0.4 is 20.1 Å². The molecule has 2 heterocycles. The summed E-state index contributed by atoms with van der Waals surface area (Å²) in [6, 6.07) is 5.06. The first kappa shape index (κ1) is 14.3. The highest BCUT2D eigenvalue weighted by atomic mass is 32.2. The first-order valence-electron chi connectivity index (χ1n) is 6.78. The van der Waals surface area contributed by atoms with Crippen LogP contribution in [0.1, 0.15) is 6.42 Å². The van der Waals surface area contributed by atoms with Crippen LogP contribution in [-0.4, -0.2) is 43.6 Å². The SMILES string of the molecule is CO[C@@]1(CNC(=O)Nc2ccc3c(c2)OCO3)CCSC1. The minimum absolute atomic E-state index is 0.221. The zero-order valence-corrected chi connectivity index (χ0v) is 12.6. The predicted octanol–water partition coefficient (Wildman–Crippen LogP) is 2.06. The van der Waals surface area contributed by atoms with E-state index in [9.17, 15) is 4.79 Å². The molecule has 0 radical (unpaired) electrons. The Morgan fingerprint density at radius 1 is 1.43 bits per heavy atom. The van der Waals surface area contributed by atoms with Crippen molar-refractivity contribution in [3.05, 3.63) is 18.2 Å². The third kappa shape index (κ3) is 3.19. The molecule has 0 spiro atoms. The van der Waals surface area contributed by atoms with Gasteiger partial charge in [-0.2, -0.15) is 11.8 Å². The maximum atomic E-state index is 12.0. The lowest BCUT2D eigenvalue weighted by Gasteiger charge is -2.26. The summed E-state index contributed by atoms with van der Waals surface area (Å²) in [4.78, 5) is 12.0. The highest BCUT2D eigenvalue weighted by Crippen LogP contribution is 2.34. The van der Waals surface area contributed by atoms with E-state index in [4.69, 9.17) is 14.2 Å². The second-order valence-corrected chi connectivity index (χ2v) is 6.17. The summed E-state index contributed by atoms with van der Waals surface area (Å²) in [5.74, 6) is 3.32. The average Bonchev–Trinajstić information content (AvgIpc) is 3.14. The van der Waals surface area contributed by atoms with Crippen LogP contribution in [0.4, 0.5) is 10.5 Å². The van der Waals surface area contributed by atoms with Gasteiger partial charge in [0.15, 0.2) is 11.5 Å². The first-order chi connectivity index (χ1) is 10.2. The van der Waals surface area contributed by atoms with Gasteiger partial charge >= 0.3 is 6.03 Å². The smallest absolute Gasteiger partial charge is 0.319 e. The van der Waals surface area contributed by atoms with Gasteiger partial charge in [0, 0.05) is 31.2 Å². The zero-order valence-electron chi connectivity index (χ0n) is 11.8. The molecule has 3 rings (SSSR count). The Kier molecular flexibility index (Phi) is 4.12. The van der Waals surface area contributed by atoms with Crippen molar-refractivity contribution in [3.8, 4) is 11.5 Å². The monoisotopic (exact) mass is 310 g/mol. The zero-order chi connectivity index (χ0) is 14.7. The molecule has 0 bridgehead atoms. The van der Waals surface area contributed by atoms with E-state index in [-0.39, 0.29) is 18.4 Å². The molecule has 6 nitrogen and oxygen atoms in total. The van der Waals surface area contributed by atoms with Crippen molar-refractivity contribution in [2.75, 3.05) is 37.3 Å². The van der Waals surface area contributed by atoms with E-state index in [2.05, 4.69) is 10.6 Å². The maximum Gasteiger partial charge on any atom is 0.319 e. The molecule has 1 saturated heterocycles. The molecule has 7 heteroatoms. The molecule has 1 aromatic rings. The summed E-state index contributed by atoms with van der Waals surface area (Å²) in [6.07, 6.45) is 0.957. The number of nitrogens with one attached hydrogen (secondary N) is 2. The van der Waals surface area contributed by atoms with Crippen LogP contribution in [0, 0.1) is 0 Å². The number of carbonyl (C=O) groups is 1. The average molecular weight is 310 g/mol. The normalized spacial score (nSPS) is 23.1. The molecule has 0 saturated carbocycles. The minimum Gasteiger partial charge on any atom is -0.454 e. The number of thioether (sulfide) groups is 1. The van der Waals surface area contributed by atoms with Gasteiger partial charge in [-0.3, -0.25) is 0 Å². The van der Waals surface area contributed by atoms with E-state index >= 15 is 0 Å². The largest absolute Gasteiger partial charge is 0.454 e. The predicted molar refractivity (Wildman–Crippen MR) is 81.3 cm³/mol. The molecule has 2 aliphatic heterocycles. The summed E-state index contributed by atoms with van der Waals surface area (Å²) < 4.78 is 16.1. The molecule has 2 amide bonds. The molecule has 1 atom stereocenters. The standard InChI is InChI=1S/C14H18N2O4S/c1-18-14(4-5-21-8-14)7-15-13(17)16-10-2-3-11-12(6-10)20-9-19-11/h2-3,6H,4-5,7-9H2,1H3,(H2,15,16,17)/t14-/m1/s1. The van der Waals surface area contributed by atoms with E-state index in [1.165, 1.54) is 0 Å². The number of rotatable bonds is 4. The number of hydrogen-bond acceptors (Lipinski definition) is 5. The fourth-order valence-corrected chi connectivity index (χ4v) is 3.75. The second kappa shape index (κ2) is 6.03. The van der Waals surface area contributed by atoms with Crippen LogP contribution in [0.25, 0.3) is 0 Å². The molecule has 1 aromatic carbocycles. The van der Waals surface area contributed by atoms with Gasteiger partial charge in [-0.05, 0) is 24.3 Å². The van der Waals surface area contributed by atoms with E-state index < -0.39 is 0 Å². The number of methoxy groups -OCH3 is 1. The number of ether oxygens (including phenoxy) is 3. The fourth-order valence-electron chi connectivity index (χ4n) is 2.35. The van der Waals surface area contributed by atoms with Crippen LogP contribution in [0.15, 0.2) is 18.2 Å². The maximum absolute atomic E-state index is 12.0. The van der Waals surface area contributed by atoms with Crippen LogP contribution in [0.3, 0.4) is 0 Å². The summed E-state index contributed by atoms with van der Waals surface area (Å²) in [5.41, 5.74) is 0.431. The fraction of sp³-hybridized carbons (Fsp3) is 0.500. The Bertz CT molecular complexity index is 532. The van der Waals surface area contributed by atoms with E-state index in [1.54, 1.807) is 25.3 Å². The molecule has 2 N–H and O–H groups in total. The Morgan fingerprint density at radius 2 is 2.29 bits per heavy atom. The van der Waals surface area contributed by atoms with Crippen molar-refractivity contribution >= 4 is 23.5 Å². The van der Waals surface area contributed by atoms with Crippen molar-refractivity contribution in [3.63, 3.8) is 0 Å². The van der Waals surface area contributed by atoms with Gasteiger partial charge in [0.05, 0.1) is 5.60 Å². The van der Waals surface area contributed by atoms with E-state index in [0.29, 0.717) is 23.7 Å². The number of urea groups is 1. The van der Waals surface area contributed by atoms with E-state index in [1.807, 2.05) is 11.8 Å². The van der Waals surface area contributed by atoms with Gasteiger partial charge < -0.3 is 24.8 Å². The summed E-state index contributed by atoms with van der Waals surface area (Å²) >= 11 is 1.85. The van der Waals surface area contributed by atoms with Crippen molar-refractivity contribution < 1.29 is 19.0 Å². The van der Waals surface area contributed by atoms with Crippen LogP contribution in [-0.2, 0) is 4.74 Å². The summed E-state index contributed by atoms with van der Waals surface area (Å²) in [6.45, 7) is 0.728. The van der Waals surface area contributed by atoms with Gasteiger partial charge in [-0.25, -0.2) is 4.79 Å². The van der Waals surface area contributed by atoms with Gasteiger partial charge in [-0.15, -0.1) is 0 Å². The molecule has 0 unspecified atom stereocenters. The summed E-state index contributed by atoms with van der Waals surface area (Å²) in [7, 11) is 1.70. The molecule has 114 valence electrons. The number of amides is 2. The number of benzene rings is 1. The number of anilines is 1. The lowest BCUT2D eigenvalue weighted by Crippen LogP contribution is -2.45. The number of hydrogen-bond donors (Lipinski definition) is 2. The molecule has 0 aromatic heterocycles. The molecule has 21 heavy (non-hydrogen) atoms. The minimum atomic E-state index is -0.248. The molecular weight excluding hydrogens is 292 g/mol. The third-order valence-corrected chi connectivity index (χ3v) is 4.92. The van der Waals surface area contributed by atoms with E-state index in [0.717, 1.165) is 17.9 Å². The number of fused-ring (bicyclic) bond motifs is 1. The van der Waals surface area contributed by atoms with Gasteiger partial charge in [0.25, 0.3) is 0 Å². The van der Waals surface area contributed by atoms with Crippen molar-refractivity contribution in [1.29, 1.82) is 0 Å². The summed E-state index contributed by atoms with van der Waals surface area (Å²) in [5, 5.41) is 5.66. The Hall–Kier alpha value is -1.60. The van der Waals surface area contributed by atoms with Gasteiger partial charge in [0.1, 0.15) is 0 Å². The lowest BCUT2D eigenvalue weighted by molar-refractivity contribution is 0.0161. The lowest BCUT2D eigenvalue weighted by atomic mass is 10.0. The van der Waals surface area contributed by atoms with Crippen molar-refractivity contribution in [2.24, 2.45) is 0 Å². The Morgan fingerprint density at radius 3 is 3.05 bits per heavy atom. The van der Waals surface area contributed by atoms with Gasteiger partial charge in [-0.1, -0.05) is 0 Å². The third-order valence-electron chi connectivity index (χ3n) is 3.70. The molecule has 0 aliphatic carbocycles. The van der Waals surface area contributed by atoms with Crippen LogP contribution in [0.2, 0.25) is 0 Å². The Labute approximate surface area is 127 Å². The highest BCUT2D eigenvalue weighted by Gasteiger charge is 2.34. The van der Waals surface area contributed by atoms with Gasteiger partial charge in [0.2, 0.25) is 6.79 Å². The second-order valence-electron chi connectivity index (χ2n) is 5.07. The highest BCUT2D eigenvalue weighted by molar-refractivity contribution is 7.99. The topological polar surface area (TPSA) is 68.8 Å². The van der Waals surface area contributed by atoms with Crippen LogP contribution >= 0.6 is 11.8 Å². The molecular formula is C14H18N2O4S. The molecule has 1 fully saturated rings. The van der Waals surface area contributed by atoms with Crippen molar-refractivity contribution in [2.45, 2.75) is 12.0 Å². The number of carbonyl (C=O) groups excluding carboxylic acids is 1. The Balaban J connectivity index is 1.54. The quantitative estimate of drug-likeness (QED) is 0.891. The molecule has 2 aliphatic rings. The van der Waals surface area contributed by atoms with Crippen molar-refractivity contribution in [1.82, 2.24) is 5.32 Å².